The first-order valence-corrected chi connectivity index (χ1v) is 18.9. The summed E-state index contributed by atoms with van der Waals surface area (Å²) < 4.78 is 0. The largest absolute Gasteiger partial charge is 0.234 e. The first-order valence-electron chi connectivity index (χ1n) is 18.9. The van der Waals surface area contributed by atoms with E-state index >= 15 is 0 Å². The Morgan fingerprint density at radius 2 is 0.738 bits per heavy atom. The highest BCUT2D eigenvalue weighted by Gasteiger charge is 2.37. The van der Waals surface area contributed by atoms with E-state index < -0.39 is 0 Å². The summed E-state index contributed by atoms with van der Waals surface area (Å²) in [5.74, 6) is 3.90. The van der Waals surface area contributed by atoms with Crippen molar-refractivity contribution in [1.82, 2.24) is 0 Å². The average Bonchev–Trinajstić information content (AvgIpc) is 3.00. The van der Waals surface area contributed by atoms with Gasteiger partial charge in [-0.2, -0.15) is 0 Å². The third-order valence-corrected chi connectivity index (χ3v) is 10.3. The quantitative estimate of drug-likeness (QED) is 0.0477. The average molecular weight is 587 g/mol. The summed E-state index contributed by atoms with van der Waals surface area (Å²) in [6.45, 7) is 6.00. The normalized spacial score (nSPS) is 20.2. The number of hydrogen-bond donors (Lipinski definition) is 0. The standard InChI is InChI=1S/C38H70N2O2/c1-3-5-7-14-21-27-37-35(25-19-6-4-2)29-30-36(26-20-15-10-8-12-17-23-31-39-33-41)38(37)28-22-16-11-9-13-18-24-32-40-34-42/h35-38H,3-32H2,1-2H3/t35-,36+,37+,38+/m0/s1. The second-order valence-corrected chi connectivity index (χ2v) is 13.6. The highest BCUT2D eigenvalue weighted by Crippen LogP contribution is 2.47. The van der Waals surface area contributed by atoms with E-state index in [1.54, 1.807) is 12.2 Å². The highest BCUT2D eigenvalue weighted by molar-refractivity contribution is 5.32. The van der Waals surface area contributed by atoms with Crippen molar-refractivity contribution < 1.29 is 9.59 Å². The van der Waals surface area contributed by atoms with Gasteiger partial charge in [-0.3, -0.25) is 0 Å². The SMILES string of the molecule is CCCCCCC[C@@H]1[C@@H](CCCCC)CC[C@@H](CCCCCCCCCN=C=O)[C@H]1CCCCCCCCCN=C=O. The summed E-state index contributed by atoms with van der Waals surface area (Å²) in [5, 5.41) is 0. The van der Waals surface area contributed by atoms with E-state index in [0.29, 0.717) is 13.1 Å². The van der Waals surface area contributed by atoms with Crippen LogP contribution in [-0.4, -0.2) is 25.2 Å². The van der Waals surface area contributed by atoms with Gasteiger partial charge in [0.05, 0.1) is 13.1 Å². The van der Waals surface area contributed by atoms with E-state index in [9.17, 15) is 9.59 Å². The van der Waals surface area contributed by atoms with Gasteiger partial charge in [0.1, 0.15) is 0 Å². The van der Waals surface area contributed by atoms with Crippen LogP contribution in [-0.2, 0) is 9.59 Å². The van der Waals surface area contributed by atoms with Gasteiger partial charge in [-0.1, -0.05) is 155 Å². The number of isocyanates is 2. The predicted molar refractivity (Wildman–Crippen MR) is 181 cm³/mol. The minimum atomic E-state index is 0.657. The molecular formula is C38H70N2O2. The number of hydrogen-bond acceptors (Lipinski definition) is 4. The van der Waals surface area contributed by atoms with Gasteiger partial charge in [-0.15, -0.1) is 0 Å². The molecule has 0 saturated heterocycles. The van der Waals surface area contributed by atoms with E-state index in [1.807, 2.05) is 0 Å². The molecule has 0 N–H and O–H groups in total. The maximum Gasteiger partial charge on any atom is 0.234 e. The lowest BCUT2D eigenvalue weighted by Crippen LogP contribution is -2.35. The molecule has 0 bridgehead atoms. The Morgan fingerprint density at radius 3 is 1.14 bits per heavy atom. The lowest BCUT2D eigenvalue weighted by molar-refractivity contribution is 0.0581. The molecule has 1 aliphatic carbocycles. The maximum atomic E-state index is 10.2. The van der Waals surface area contributed by atoms with Gasteiger partial charge in [-0.05, 0) is 62.2 Å². The third-order valence-electron chi connectivity index (χ3n) is 10.3. The van der Waals surface area contributed by atoms with Crippen LogP contribution in [0, 0.1) is 23.7 Å². The van der Waals surface area contributed by atoms with Crippen molar-refractivity contribution in [3.05, 3.63) is 0 Å². The summed E-state index contributed by atoms with van der Waals surface area (Å²) in [6.07, 6.45) is 41.7. The zero-order valence-corrected chi connectivity index (χ0v) is 28.2. The molecule has 4 nitrogen and oxygen atoms in total. The molecule has 0 spiro atoms. The van der Waals surface area contributed by atoms with Gasteiger partial charge in [0.25, 0.3) is 0 Å². The molecule has 0 aromatic rings. The lowest BCUT2D eigenvalue weighted by atomic mass is 9.61. The summed E-state index contributed by atoms with van der Waals surface area (Å²) in [7, 11) is 0. The molecule has 0 aliphatic heterocycles. The Bertz CT molecular complexity index is 683. The van der Waals surface area contributed by atoms with Gasteiger partial charge in [-0.25, -0.2) is 19.6 Å². The van der Waals surface area contributed by atoms with Crippen molar-refractivity contribution in [2.45, 2.75) is 194 Å². The van der Waals surface area contributed by atoms with E-state index in [-0.39, 0.29) is 0 Å². The van der Waals surface area contributed by atoms with Crippen molar-refractivity contribution in [3.8, 4) is 0 Å². The Hall–Kier alpha value is -1.24. The zero-order chi connectivity index (χ0) is 30.4. The van der Waals surface area contributed by atoms with E-state index in [1.165, 1.54) is 167 Å². The molecule has 0 amide bonds. The van der Waals surface area contributed by atoms with Crippen LogP contribution in [0.2, 0.25) is 0 Å². The minimum Gasteiger partial charge on any atom is -0.211 e. The molecule has 42 heavy (non-hydrogen) atoms. The molecule has 4 heteroatoms. The fraction of sp³-hybridized carbons (Fsp3) is 0.947. The van der Waals surface area contributed by atoms with Crippen LogP contribution < -0.4 is 0 Å². The fourth-order valence-electron chi connectivity index (χ4n) is 7.84. The van der Waals surface area contributed by atoms with E-state index in [0.717, 1.165) is 36.5 Å². The van der Waals surface area contributed by atoms with E-state index in [4.69, 9.17) is 0 Å². The molecule has 4 atom stereocenters. The number of aliphatic imine (C=N–C) groups is 2. The molecule has 1 fully saturated rings. The van der Waals surface area contributed by atoms with Crippen LogP contribution in [0.3, 0.4) is 0 Å². The second kappa shape index (κ2) is 29.8. The number of rotatable bonds is 30. The van der Waals surface area contributed by atoms with E-state index in [2.05, 4.69) is 23.8 Å². The maximum absolute atomic E-state index is 10.2. The van der Waals surface area contributed by atoms with Crippen molar-refractivity contribution >= 4 is 12.2 Å². The van der Waals surface area contributed by atoms with Gasteiger partial charge in [0.15, 0.2) is 0 Å². The molecule has 1 saturated carbocycles. The van der Waals surface area contributed by atoms with Crippen LogP contribution in [0.1, 0.15) is 194 Å². The third kappa shape index (κ3) is 20.6. The van der Waals surface area contributed by atoms with Crippen LogP contribution >= 0.6 is 0 Å². The van der Waals surface area contributed by atoms with Crippen molar-refractivity contribution in [2.24, 2.45) is 33.7 Å². The molecule has 0 radical (unpaired) electrons. The predicted octanol–water partition coefficient (Wildman–Crippen LogP) is 12.1. The Balaban J connectivity index is 2.60. The van der Waals surface area contributed by atoms with Crippen molar-refractivity contribution in [2.75, 3.05) is 13.1 Å². The number of unbranched alkanes of at least 4 members (excludes halogenated alkanes) is 18. The van der Waals surface area contributed by atoms with Gasteiger partial charge >= 0.3 is 0 Å². The van der Waals surface area contributed by atoms with Gasteiger partial charge in [0, 0.05) is 0 Å². The fourth-order valence-corrected chi connectivity index (χ4v) is 7.84. The van der Waals surface area contributed by atoms with Crippen LogP contribution in [0.5, 0.6) is 0 Å². The minimum absolute atomic E-state index is 0.657. The molecule has 0 heterocycles. The molecule has 0 aromatic heterocycles. The summed E-state index contributed by atoms with van der Waals surface area (Å²) >= 11 is 0. The van der Waals surface area contributed by atoms with Crippen LogP contribution in [0.25, 0.3) is 0 Å². The van der Waals surface area contributed by atoms with Gasteiger partial charge < -0.3 is 0 Å². The first kappa shape index (κ1) is 38.8. The highest BCUT2D eigenvalue weighted by atomic mass is 16.1. The Morgan fingerprint density at radius 1 is 0.429 bits per heavy atom. The molecule has 1 aliphatic rings. The van der Waals surface area contributed by atoms with Crippen LogP contribution in [0.4, 0.5) is 0 Å². The second-order valence-electron chi connectivity index (χ2n) is 13.6. The smallest absolute Gasteiger partial charge is 0.211 e. The van der Waals surface area contributed by atoms with Crippen molar-refractivity contribution in [1.29, 1.82) is 0 Å². The molecular weight excluding hydrogens is 516 g/mol. The summed E-state index contributed by atoms with van der Waals surface area (Å²) in [4.78, 5) is 27.8. The topological polar surface area (TPSA) is 58.9 Å². The summed E-state index contributed by atoms with van der Waals surface area (Å²) in [5.41, 5.74) is 0. The van der Waals surface area contributed by atoms with Crippen molar-refractivity contribution in [3.63, 3.8) is 0 Å². The molecule has 0 aromatic carbocycles. The molecule has 244 valence electrons. The molecule has 1 rings (SSSR count). The van der Waals surface area contributed by atoms with Crippen LogP contribution in [0.15, 0.2) is 9.98 Å². The lowest BCUT2D eigenvalue weighted by Gasteiger charge is -2.44. The zero-order valence-electron chi connectivity index (χ0n) is 28.2. The number of nitrogens with zero attached hydrogens (tertiary/aromatic N) is 2. The Labute approximate surface area is 261 Å². The summed E-state index contributed by atoms with van der Waals surface area (Å²) in [6, 6.07) is 0. The van der Waals surface area contributed by atoms with Gasteiger partial charge in [0.2, 0.25) is 12.2 Å². The first-order chi connectivity index (χ1) is 20.8. The molecule has 0 unspecified atom stereocenters. The Kier molecular flexibility index (Phi) is 27.5. The number of carbonyl (C=O) groups excluding carboxylic acids is 2. The monoisotopic (exact) mass is 587 g/mol.